The summed E-state index contributed by atoms with van der Waals surface area (Å²) in [6, 6.07) is 0. The molecule has 0 nitrogen and oxygen atoms in total. The Morgan fingerprint density at radius 2 is 1.92 bits per heavy atom. The summed E-state index contributed by atoms with van der Waals surface area (Å²) >= 11 is 0. The summed E-state index contributed by atoms with van der Waals surface area (Å²) in [7, 11) is 0. The van der Waals surface area contributed by atoms with E-state index in [9.17, 15) is 0 Å². The van der Waals surface area contributed by atoms with Gasteiger partial charge in [-0.2, -0.15) is 0 Å². The van der Waals surface area contributed by atoms with Crippen LogP contribution in [0.3, 0.4) is 0 Å². The van der Waals surface area contributed by atoms with Gasteiger partial charge in [0.25, 0.3) is 0 Å². The van der Waals surface area contributed by atoms with Crippen LogP contribution < -0.4 is 0 Å². The van der Waals surface area contributed by atoms with Gasteiger partial charge < -0.3 is 0 Å². The van der Waals surface area contributed by atoms with Gasteiger partial charge in [0, 0.05) is 0 Å². The first kappa shape index (κ1) is 11.1. The Hall–Kier alpha value is 0. The van der Waals surface area contributed by atoms with Crippen molar-refractivity contribution < 1.29 is 0 Å². The molecule has 0 bridgehead atoms. The smallest absolute Gasteiger partial charge is 0.0323 e. The maximum Gasteiger partial charge on any atom is -0.0323 e. The molecule has 2 atom stereocenters. The van der Waals surface area contributed by atoms with Crippen molar-refractivity contribution in [2.75, 3.05) is 0 Å². The van der Waals surface area contributed by atoms with E-state index in [1.54, 1.807) is 0 Å². The largest absolute Gasteiger partial charge is 0.0654 e. The molecule has 1 fully saturated rings. The number of hydrogen-bond acceptors (Lipinski definition) is 0. The fraction of sp³-hybridized carbons (Fsp3) is 1.00. The summed E-state index contributed by atoms with van der Waals surface area (Å²) in [5.41, 5.74) is 0.618. The van der Waals surface area contributed by atoms with Crippen molar-refractivity contribution in [2.45, 2.75) is 66.2 Å². The van der Waals surface area contributed by atoms with Gasteiger partial charge in [0.15, 0.2) is 0 Å². The zero-order chi connectivity index (χ0) is 9.90. The molecule has 2 unspecified atom stereocenters. The molecule has 0 spiro atoms. The van der Waals surface area contributed by atoms with Crippen LogP contribution >= 0.6 is 0 Å². The predicted octanol–water partition coefficient (Wildman–Crippen LogP) is 4.64. The SMILES string of the molecule is CCCCC1CCC(C)CC1(C)C. The van der Waals surface area contributed by atoms with Gasteiger partial charge in [0.1, 0.15) is 0 Å². The molecule has 0 heteroatoms. The van der Waals surface area contributed by atoms with E-state index in [4.69, 9.17) is 0 Å². The van der Waals surface area contributed by atoms with Crippen LogP contribution in [0.2, 0.25) is 0 Å². The van der Waals surface area contributed by atoms with Crippen molar-refractivity contribution in [3.05, 3.63) is 0 Å². The second kappa shape index (κ2) is 4.48. The third-order valence-corrected chi connectivity index (χ3v) is 3.89. The minimum Gasteiger partial charge on any atom is -0.0654 e. The molecule has 0 aromatic carbocycles. The van der Waals surface area contributed by atoms with Crippen molar-refractivity contribution >= 4 is 0 Å². The highest BCUT2D eigenvalue weighted by Gasteiger charge is 2.34. The lowest BCUT2D eigenvalue weighted by atomic mass is 9.64. The van der Waals surface area contributed by atoms with E-state index in [-0.39, 0.29) is 0 Å². The van der Waals surface area contributed by atoms with Gasteiger partial charge in [-0.1, -0.05) is 47.0 Å². The average molecular weight is 182 g/mol. The molecular formula is C13H26. The molecule has 1 aliphatic rings. The summed E-state index contributed by atoms with van der Waals surface area (Å²) in [6.07, 6.45) is 8.66. The highest BCUT2D eigenvalue weighted by Crippen LogP contribution is 2.45. The molecule has 0 N–H and O–H groups in total. The van der Waals surface area contributed by atoms with E-state index in [2.05, 4.69) is 27.7 Å². The van der Waals surface area contributed by atoms with Gasteiger partial charge in [-0.25, -0.2) is 0 Å². The summed E-state index contributed by atoms with van der Waals surface area (Å²) in [5, 5.41) is 0. The van der Waals surface area contributed by atoms with Crippen LogP contribution in [0.15, 0.2) is 0 Å². The number of hydrogen-bond donors (Lipinski definition) is 0. The molecule has 0 aromatic rings. The molecule has 78 valence electrons. The van der Waals surface area contributed by atoms with E-state index >= 15 is 0 Å². The Morgan fingerprint density at radius 3 is 2.46 bits per heavy atom. The van der Waals surface area contributed by atoms with Crippen molar-refractivity contribution in [3.8, 4) is 0 Å². The molecule has 1 aliphatic carbocycles. The second-order valence-corrected chi connectivity index (χ2v) is 5.71. The van der Waals surface area contributed by atoms with E-state index in [0.29, 0.717) is 5.41 Å². The molecule has 0 radical (unpaired) electrons. The van der Waals surface area contributed by atoms with Crippen LogP contribution in [-0.2, 0) is 0 Å². The van der Waals surface area contributed by atoms with Crippen molar-refractivity contribution in [1.29, 1.82) is 0 Å². The Kier molecular flexibility index (Phi) is 3.82. The van der Waals surface area contributed by atoms with Gasteiger partial charge in [-0.05, 0) is 36.5 Å². The second-order valence-electron chi connectivity index (χ2n) is 5.71. The lowest BCUT2D eigenvalue weighted by Crippen LogP contribution is -2.31. The van der Waals surface area contributed by atoms with Gasteiger partial charge in [0.2, 0.25) is 0 Å². The molecular weight excluding hydrogens is 156 g/mol. The predicted molar refractivity (Wildman–Crippen MR) is 59.8 cm³/mol. The first-order chi connectivity index (χ1) is 6.06. The van der Waals surface area contributed by atoms with E-state index in [1.807, 2.05) is 0 Å². The van der Waals surface area contributed by atoms with Crippen molar-refractivity contribution in [1.82, 2.24) is 0 Å². The molecule has 0 saturated heterocycles. The van der Waals surface area contributed by atoms with Crippen LogP contribution in [0.1, 0.15) is 66.2 Å². The Morgan fingerprint density at radius 1 is 1.23 bits per heavy atom. The van der Waals surface area contributed by atoms with Gasteiger partial charge >= 0.3 is 0 Å². The first-order valence-electron chi connectivity index (χ1n) is 6.06. The minimum atomic E-state index is 0.618. The fourth-order valence-electron chi connectivity index (χ4n) is 3.03. The molecule has 1 saturated carbocycles. The quantitative estimate of drug-likeness (QED) is 0.596. The zero-order valence-corrected chi connectivity index (χ0v) is 9.90. The Labute approximate surface area is 84.1 Å². The third kappa shape index (κ3) is 3.00. The number of unbranched alkanes of at least 4 members (excludes halogenated alkanes) is 1. The van der Waals surface area contributed by atoms with Gasteiger partial charge in [-0.15, -0.1) is 0 Å². The van der Waals surface area contributed by atoms with Crippen LogP contribution in [-0.4, -0.2) is 0 Å². The maximum atomic E-state index is 2.48. The highest BCUT2D eigenvalue weighted by molar-refractivity contribution is 4.85. The standard InChI is InChI=1S/C13H26/c1-5-6-7-12-9-8-11(2)10-13(12,3)4/h11-12H,5-10H2,1-4H3. The van der Waals surface area contributed by atoms with Crippen molar-refractivity contribution in [2.24, 2.45) is 17.3 Å². The molecule has 0 aromatic heterocycles. The van der Waals surface area contributed by atoms with Crippen LogP contribution in [0.25, 0.3) is 0 Å². The zero-order valence-electron chi connectivity index (χ0n) is 9.90. The molecule has 0 amide bonds. The lowest BCUT2D eigenvalue weighted by Gasteiger charge is -2.41. The average Bonchev–Trinajstić information content (AvgIpc) is 2.01. The summed E-state index contributed by atoms with van der Waals surface area (Å²) in [6.45, 7) is 9.67. The molecule has 0 heterocycles. The van der Waals surface area contributed by atoms with E-state index < -0.39 is 0 Å². The topological polar surface area (TPSA) is 0 Å². The lowest BCUT2D eigenvalue weighted by molar-refractivity contribution is 0.0927. The summed E-state index contributed by atoms with van der Waals surface area (Å²) < 4.78 is 0. The van der Waals surface area contributed by atoms with E-state index in [0.717, 1.165) is 11.8 Å². The molecule has 13 heavy (non-hydrogen) atoms. The van der Waals surface area contributed by atoms with Crippen LogP contribution in [0, 0.1) is 17.3 Å². The summed E-state index contributed by atoms with van der Waals surface area (Å²) in [5.74, 6) is 1.97. The van der Waals surface area contributed by atoms with Crippen LogP contribution in [0.5, 0.6) is 0 Å². The molecule has 1 rings (SSSR count). The fourth-order valence-corrected chi connectivity index (χ4v) is 3.03. The molecule has 0 aliphatic heterocycles. The maximum absolute atomic E-state index is 2.48. The number of rotatable bonds is 3. The normalized spacial score (nSPS) is 33.2. The first-order valence-corrected chi connectivity index (χ1v) is 6.06. The summed E-state index contributed by atoms with van der Waals surface area (Å²) in [4.78, 5) is 0. The third-order valence-electron chi connectivity index (χ3n) is 3.89. The van der Waals surface area contributed by atoms with Crippen LogP contribution in [0.4, 0.5) is 0 Å². The highest BCUT2D eigenvalue weighted by atomic mass is 14.4. The monoisotopic (exact) mass is 182 g/mol. The Balaban J connectivity index is 2.44. The minimum absolute atomic E-state index is 0.618. The van der Waals surface area contributed by atoms with Crippen molar-refractivity contribution in [3.63, 3.8) is 0 Å². The van der Waals surface area contributed by atoms with Gasteiger partial charge in [0.05, 0.1) is 0 Å². The van der Waals surface area contributed by atoms with E-state index in [1.165, 1.54) is 38.5 Å². The Bertz CT molecular complexity index is 144. The van der Waals surface area contributed by atoms with Gasteiger partial charge in [-0.3, -0.25) is 0 Å².